The Labute approximate surface area is 111 Å². The van der Waals surface area contributed by atoms with E-state index in [1.807, 2.05) is 17.5 Å². The molecule has 0 radical (unpaired) electrons. The minimum Gasteiger partial charge on any atom is -0.351 e. The summed E-state index contributed by atoms with van der Waals surface area (Å²) in [6.07, 6.45) is 0. The molecule has 100 valence electrons. The van der Waals surface area contributed by atoms with E-state index in [2.05, 4.69) is 24.5 Å². The third-order valence-electron chi connectivity index (χ3n) is 2.59. The molecule has 4 N–H and O–H groups in total. The minimum atomic E-state index is -0.828. The summed E-state index contributed by atoms with van der Waals surface area (Å²) in [4.78, 5) is 23.4. The van der Waals surface area contributed by atoms with Gasteiger partial charge in [-0.05, 0) is 24.3 Å². The Hall–Kier alpha value is -1.40. The molecule has 0 saturated heterocycles. The normalized spacial score (nSPS) is 14.2. The van der Waals surface area contributed by atoms with Crippen LogP contribution in [-0.2, 0) is 4.79 Å². The number of nitrogens with one attached hydrogen (secondary N) is 2. The van der Waals surface area contributed by atoms with Gasteiger partial charge in [0, 0.05) is 10.9 Å². The van der Waals surface area contributed by atoms with Crippen LogP contribution in [0.15, 0.2) is 17.5 Å². The van der Waals surface area contributed by atoms with E-state index in [1.165, 1.54) is 4.88 Å². The molecule has 3 amide bonds. The van der Waals surface area contributed by atoms with Crippen molar-refractivity contribution in [2.45, 2.75) is 32.9 Å². The number of rotatable bonds is 5. The highest BCUT2D eigenvalue weighted by Gasteiger charge is 2.22. The van der Waals surface area contributed by atoms with Gasteiger partial charge in [-0.1, -0.05) is 19.9 Å². The second-order valence-corrected chi connectivity index (χ2v) is 5.46. The number of nitrogens with two attached hydrogens (primary N) is 1. The molecule has 0 bridgehead atoms. The number of thiophene rings is 1. The van der Waals surface area contributed by atoms with Gasteiger partial charge in [0.15, 0.2) is 0 Å². The lowest BCUT2D eigenvalue weighted by Gasteiger charge is -2.24. The van der Waals surface area contributed by atoms with Crippen LogP contribution < -0.4 is 16.4 Å². The highest BCUT2D eigenvalue weighted by atomic mass is 32.1. The average Bonchev–Trinajstić information content (AvgIpc) is 2.77. The van der Waals surface area contributed by atoms with E-state index in [9.17, 15) is 9.59 Å². The average molecular weight is 269 g/mol. The van der Waals surface area contributed by atoms with Crippen LogP contribution in [0.4, 0.5) is 4.79 Å². The molecule has 2 unspecified atom stereocenters. The van der Waals surface area contributed by atoms with Gasteiger partial charge in [-0.2, -0.15) is 0 Å². The molecule has 6 heteroatoms. The highest BCUT2D eigenvalue weighted by molar-refractivity contribution is 7.10. The number of carbonyl (C=O) groups is 2. The molecule has 0 aliphatic carbocycles. The molecule has 1 heterocycles. The van der Waals surface area contributed by atoms with Crippen LogP contribution >= 0.6 is 11.3 Å². The molecule has 5 nitrogen and oxygen atoms in total. The summed E-state index contributed by atoms with van der Waals surface area (Å²) >= 11 is 1.64. The van der Waals surface area contributed by atoms with E-state index >= 15 is 0 Å². The molecule has 0 aromatic carbocycles. The Bertz CT molecular complexity index is 403. The Morgan fingerprint density at radius 1 is 1.33 bits per heavy atom. The standard InChI is InChI=1S/C12H19N3O2S/c1-7(2)10(9-5-4-6-18-9)14-8(3)11(16)15-12(13)17/h4-8,10,14H,1-3H3,(H3,13,15,16,17). The Balaban J connectivity index is 2.67. The molecular formula is C12H19N3O2S. The van der Waals surface area contributed by atoms with Crippen LogP contribution in [0.5, 0.6) is 0 Å². The predicted octanol–water partition coefficient (Wildman–Crippen LogP) is 1.62. The molecule has 2 atom stereocenters. The van der Waals surface area contributed by atoms with Gasteiger partial charge in [-0.3, -0.25) is 15.4 Å². The van der Waals surface area contributed by atoms with Crippen LogP contribution in [0.1, 0.15) is 31.7 Å². The first-order chi connectivity index (χ1) is 8.41. The molecule has 0 fully saturated rings. The van der Waals surface area contributed by atoms with Crippen molar-refractivity contribution in [3.63, 3.8) is 0 Å². The first-order valence-corrected chi connectivity index (χ1v) is 6.69. The van der Waals surface area contributed by atoms with Gasteiger partial charge >= 0.3 is 6.03 Å². The molecule has 1 aromatic heterocycles. The number of imide groups is 1. The van der Waals surface area contributed by atoms with Crippen molar-refractivity contribution in [1.82, 2.24) is 10.6 Å². The highest BCUT2D eigenvalue weighted by Crippen LogP contribution is 2.26. The quantitative estimate of drug-likeness (QED) is 0.759. The molecule has 0 aliphatic heterocycles. The van der Waals surface area contributed by atoms with E-state index in [-0.39, 0.29) is 6.04 Å². The van der Waals surface area contributed by atoms with Crippen LogP contribution in [0.2, 0.25) is 0 Å². The molecular weight excluding hydrogens is 250 g/mol. The lowest BCUT2D eigenvalue weighted by atomic mass is 10.0. The van der Waals surface area contributed by atoms with E-state index in [0.717, 1.165) is 0 Å². The van der Waals surface area contributed by atoms with E-state index in [0.29, 0.717) is 5.92 Å². The largest absolute Gasteiger partial charge is 0.351 e. The smallest absolute Gasteiger partial charge is 0.318 e. The zero-order valence-corrected chi connectivity index (χ0v) is 11.6. The van der Waals surface area contributed by atoms with E-state index < -0.39 is 18.0 Å². The summed E-state index contributed by atoms with van der Waals surface area (Å²) in [5, 5.41) is 7.29. The molecule has 1 rings (SSSR count). The van der Waals surface area contributed by atoms with Gasteiger partial charge < -0.3 is 5.73 Å². The third-order valence-corrected chi connectivity index (χ3v) is 3.54. The van der Waals surface area contributed by atoms with Crippen molar-refractivity contribution < 1.29 is 9.59 Å². The number of amides is 3. The summed E-state index contributed by atoms with van der Waals surface area (Å²) in [5.41, 5.74) is 4.92. The Morgan fingerprint density at radius 3 is 2.44 bits per heavy atom. The maximum absolute atomic E-state index is 11.6. The third kappa shape index (κ3) is 4.12. The van der Waals surface area contributed by atoms with Gasteiger partial charge in [-0.25, -0.2) is 4.79 Å². The summed E-state index contributed by atoms with van der Waals surface area (Å²) in [6, 6.07) is 2.78. The zero-order chi connectivity index (χ0) is 13.7. The van der Waals surface area contributed by atoms with Gasteiger partial charge in [0.25, 0.3) is 0 Å². The predicted molar refractivity (Wildman–Crippen MR) is 72.2 cm³/mol. The summed E-state index contributed by atoms with van der Waals surface area (Å²) in [6.45, 7) is 5.87. The van der Waals surface area contributed by atoms with E-state index in [1.54, 1.807) is 18.3 Å². The van der Waals surface area contributed by atoms with Crippen LogP contribution in [0.3, 0.4) is 0 Å². The number of urea groups is 1. The van der Waals surface area contributed by atoms with Gasteiger partial charge in [0.05, 0.1) is 6.04 Å². The SMILES string of the molecule is CC(NC(c1cccs1)C(C)C)C(=O)NC(N)=O. The molecule has 18 heavy (non-hydrogen) atoms. The second-order valence-electron chi connectivity index (χ2n) is 4.48. The van der Waals surface area contributed by atoms with Crippen molar-refractivity contribution >= 4 is 23.3 Å². The van der Waals surface area contributed by atoms with Gasteiger partial charge in [-0.15, -0.1) is 11.3 Å². The summed E-state index contributed by atoms with van der Waals surface area (Å²) in [5.74, 6) is -0.0721. The van der Waals surface area contributed by atoms with Crippen molar-refractivity contribution in [1.29, 1.82) is 0 Å². The Kier molecular flexibility index (Phi) is 5.30. The number of hydrogen-bond acceptors (Lipinski definition) is 4. The maximum Gasteiger partial charge on any atom is 0.318 e. The lowest BCUT2D eigenvalue weighted by molar-refractivity contribution is -0.121. The number of carbonyl (C=O) groups excluding carboxylic acids is 2. The van der Waals surface area contributed by atoms with Crippen molar-refractivity contribution in [2.24, 2.45) is 11.7 Å². The topological polar surface area (TPSA) is 84.2 Å². The zero-order valence-electron chi connectivity index (χ0n) is 10.8. The molecule has 0 aliphatic rings. The van der Waals surface area contributed by atoms with Crippen LogP contribution in [0.25, 0.3) is 0 Å². The minimum absolute atomic E-state index is 0.0821. The van der Waals surface area contributed by atoms with Gasteiger partial charge in [0.2, 0.25) is 5.91 Å². The second kappa shape index (κ2) is 6.51. The Morgan fingerprint density at radius 2 is 2.00 bits per heavy atom. The maximum atomic E-state index is 11.6. The number of primary amides is 1. The van der Waals surface area contributed by atoms with E-state index in [4.69, 9.17) is 5.73 Å². The van der Waals surface area contributed by atoms with Crippen LogP contribution in [0, 0.1) is 5.92 Å². The summed E-state index contributed by atoms with van der Waals surface area (Å²) in [7, 11) is 0. The first kappa shape index (κ1) is 14.7. The molecule has 0 saturated carbocycles. The van der Waals surface area contributed by atoms with Crippen molar-refractivity contribution in [3.8, 4) is 0 Å². The molecule has 0 spiro atoms. The van der Waals surface area contributed by atoms with Gasteiger partial charge in [0.1, 0.15) is 0 Å². The lowest BCUT2D eigenvalue weighted by Crippen LogP contribution is -2.48. The molecule has 1 aromatic rings. The number of hydrogen-bond donors (Lipinski definition) is 3. The van der Waals surface area contributed by atoms with Crippen LogP contribution in [-0.4, -0.2) is 18.0 Å². The monoisotopic (exact) mass is 269 g/mol. The fraction of sp³-hybridized carbons (Fsp3) is 0.500. The fourth-order valence-corrected chi connectivity index (χ4v) is 2.60. The van der Waals surface area contributed by atoms with Crippen molar-refractivity contribution in [3.05, 3.63) is 22.4 Å². The fourth-order valence-electron chi connectivity index (χ4n) is 1.65. The van der Waals surface area contributed by atoms with Crippen molar-refractivity contribution in [2.75, 3.05) is 0 Å². The summed E-state index contributed by atoms with van der Waals surface area (Å²) < 4.78 is 0. The first-order valence-electron chi connectivity index (χ1n) is 5.81.